The van der Waals surface area contributed by atoms with Gasteiger partial charge in [0.1, 0.15) is 0 Å². The van der Waals surface area contributed by atoms with Crippen molar-refractivity contribution in [1.82, 2.24) is 0 Å². The lowest BCUT2D eigenvalue weighted by atomic mass is 9.98. The maximum absolute atomic E-state index is 4.08. The Balaban J connectivity index is 2.45. The molecular weight excluding hydrogens is 168 g/mol. The molecule has 0 saturated heterocycles. The van der Waals surface area contributed by atoms with Crippen molar-refractivity contribution < 1.29 is 0 Å². The van der Waals surface area contributed by atoms with Crippen molar-refractivity contribution in [1.29, 1.82) is 0 Å². The first-order valence-corrected chi connectivity index (χ1v) is 4.98. The SMILES string of the molecule is C=C1/C=C\C=C/CCc2ccccc21. The molecule has 1 aromatic rings. The van der Waals surface area contributed by atoms with Crippen LogP contribution in [0.3, 0.4) is 0 Å². The van der Waals surface area contributed by atoms with E-state index in [9.17, 15) is 0 Å². The third-order valence-corrected chi connectivity index (χ3v) is 2.49. The van der Waals surface area contributed by atoms with E-state index in [2.05, 4.69) is 55.1 Å². The van der Waals surface area contributed by atoms with Crippen molar-refractivity contribution in [2.75, 3.05) is 0 Å². The summed E-state index contributed by atoms with van der Waals surface area (Å²) in [6.45, 7) is 4.08. The molecule has 0 heteroatoms. The standard InChI is InChI=1S/C14H14/c1-12-8-4-2-3-5-9-13-10-6-7-11-14(12)13/h2-4,6-8,10-11H,1,5,9H2/b3-2-,8-4-. The Bertz CT molecular complexity index is 394. The van der Waals surface area contributed by atoms with Crippen molar-refractivity contribution in [2.24, 2.45) is 0 Å². The highest BCUT2D eigenvalue weighted by Gasteiger charge is 2.02. The summed E-state index contributed by atoms with van der Waals surface area (Å²) in [7, 11) is 0. The van der Waals surface area contributed by atoms with Crippen LogP contribution in [0.5, 0.6) is 0 Å². The molecule has 0 aliphatic heterocycles. The molecule has 0 radical (unpaired) electrons. The van der Waals surface area contributed by atoms with E-state index in [4.69, 9.17) is 0 Å². The zero-order valence-electron chi connectivity index (χ0n) is 8.24. The van der Waals surface area contributed by atoms with Crippen LogP contribution in [0.2, 0.25) is 0 Å². The summed E-state index contributed by atoms with van der Waals surface area (Å²) in [6.07, 6.45) is 10.6. The van der Waals surface area contributed by atoms with Crippen molar-refractivity contribution in [3.63, 3.8) is 0 Å². The van der Waals surface area contributed by atoms with Crippen LogP contribution in [0.4, 0.5) is 0 Å². The van der Waals surface area contributed by atoms with Gasteiger partial charge in [-0.3, -0.25) is 0 Å². The summed E-state index contributed by atoms with van der Waals surface area (Å²) in [4.78, 5) is 0. The van der Waals surface area contributed by atoms with E-state index in [1.807, 2.05) is 0 Å². The first-order chi connectivity index (χ1) is 6.88. The number of aryl methyl sites for hydroxylation is 1. The van der Waals surface area contributed by atoms with Gasteiger partial charge in [0.15, 0.2) is 0 Å². The zero-order chi connectivity index (χ0) is 9.80. The molecule has 0 unspecified atom stereocenters. The quantitative estimate of drug-likeness (QED) is 0.573. The van der Waals surface area contributed by atoms with Gasteiger partial charge in [-0.15, -0.1) is 0 Å². The Labute approximate surface area is 85.3 Å². The molecule has 0 saturated carbocycles. The minimum atomic E-state index is 1.10. The number of benzene rings is 1. The summed E-state index contributed by atoms with van der Waals surface area (Å²) in [5, 5.41) is 0. The summed E-state index contributed by atoms with van der Waals surface area (Å²) < 4.78 is 0. The van der Waals surface area contributed by atoms with Crippen molar-refractivity contribution in [3.05, 3.63) is 66.3 Å². The Morgan fingerprint density at radius 3 is 2.86 bits per heavy atom. The van der Waals surface area contributed by atoms with E-state index >= 15 is 0 Å². The van der Waals surface area contributed by atoms with E-state index in [0.29, 0.717) is 0 Å². The smallest absolute Gasteiger partial charge is 0.0158 e. The number of hydrogen-bond acceptors (Lipinski definition) is 0. The number of hydrogen-bond donors (Lipinski definition) is 0. The highest BCUT2D eigenvalue weighted by molar-refractivity contribution is 5.74. The van der Waals surface area contributed by atoms with Crippen molar-refractivity contribution in [2.45, 2.75) is 12.8 Å². The van der Waals surface area contributed by atoms with E-state index in [1.165, 1.54) is 11.1 Å². The largest absolute Gasteiger partial charge is 0.0911 e. The van der Waals surface area contributed by atoms with Crippen LogP contribution in [-0.4, -0.2) is 0 Å². The van der Waals surface area contributed by atoms with Gasteiger partial charge in [-0.05, 0) is 29.5 Å². The van der Waals surface area contributed by atoms with Crippen LogP contribution in [0.15, 0.2) is 55.1 Å². The van der Waals surface area contributed by atoms with Crippen LogP contribution >= 0.6 is 0 Å². The van der Waals surface area contributed by atoms with Gasteiger partial charge < -0.3 is 0 Å². The molecule has 0 fully saturated rings. The molecule has 0 amide bonds. The summed E-state index contributed by atoms with van der Waals surface area (Å²) in [5.41, 5.74) is 3.79. The third-order valence-electron chi connectivity index (χ3n) is 2.49. The third kappa shape index (κ3) is 1.85. The monoisotopic (exact) mass is 182 g/mol. The fraction of sp³-hybridized carbons (Fsp3) is 0.143. The fourth-order valence-electron chi connectivity index (χ4n) is 1.73. The molecule has 1 aromatic carbocycles. The molecule has 0 N–H and O–H groups in total. The molecule has 1 aliphatic carbocycles. The van der Waals surface area contributed by atoms with Crippen LogP contribution in [0, 0.1) is 0 Å². The van der Waals surface area contributed by atoms with Gasteiger partial charge in [0.25, 0.3) is 0 Å². The summed E-state index contributed by atoms with van der Waals surface area (Å²) in [6, 6.07) is 8.50. The molecule has 14 heavy (non-hydrogen) atoms. The van der Waals surface area contributed by atoms with Crippen molar-refractivity contribution >= 4 is 5.57 Å². The maximum atomic E-state index is 4.08. The first kappa shape index (κ1) is 9.01. The zero-order valence-corrected chi connectivity index (χ0v) is 8.24. The second-order valence-corrected chi connectivity index (χ2v) is 3.51. The summed E-state index contributed by atoms with van der Waals surface area (Å²) in [5.74, 6) is 0. The van der Waals surface area contributed by atoms with Gasteiger partial charge >= 0.3 is 0 Å². The minimum Gasteiger partial charge on any atom is -0.0911 e. The van der Waals surface area contributed by atoms with Crippen LogP contribution < -0.4 is 0 Å². The molecule has 1 aliphatic rings. The van der Waals surface area contributed by atoms with Gasteiger partial charge in [0.05, 0.1) is 0 Å². The first-order valence-electron chi connectivity index (χ1n) is 4.98. The molecule has 70 valence electrons. The molecule has 0 heterocycles. The van der Waals surface area contributed by atoms with E-state index in [0.717, 1.165) is 18.4 Å². The molecular formula is C14H14. The van der Waals surface area contributed by atoms with E-state index < -0.39 is 0 Å². The Kier molecular flexibility index (Phi) is 2.64. The van der Waals surface area contributed by atoms with E-state index in [1.54, 1.807) is 0 Å². The normalized spacial score (nSPS) is 20.1. The molecule has 0 spiro atoms. The molecule has 2 rings (SSSR count). The van der Waals surface area contributed by atoms with Crippen LogP contribution in [-0.2, 0) is 6.42 Å². The lowest BCUT2D eigenvalue weighted by Gasteiger charge is -2.07. The molecule has 0 bridgehead atoms. The van der Waals surface area contributed by atoms with Crippen LogP contribution in [0.1, 0.15) is 17.5 Å². The molecule has 0 aromatic heterocycles. The lowest BCUT2D eigenvalue weighted by Crippen LogP contribution is -1.90. The summed E-state index contributed by atoms with van der Waals surface area (Å²) >= 11 is 0. The predicted octanol–water partition coefficient (Wildman–Crippen LogP) is 3.76. The highest BCUT2D eigenvalue weighted by atomic mass is 14.1. The van der Waals surface area contributed by atoms with Gasteiger partial charge in [0.2, 0.25) is 0 Å². The number of rotatable bonds is 0. The topological polar surface area (TPSA) is 0 Å². The highest BCUT2D eigenvalue weighted by Crippen LogP contribution is 2.21. The maximum Gasteiger partial charge on any atom is -0.0158 e. The van der Waals surface area contributed by atoms with Gasteiger partial charge in [0, 0.05) is 0 Å². The molecule has 0 atom stereocenters. The minimum absolute atomic E-state index is 1.10. The van der Waals surface area contributed by atoms with Crippen LogP contribution in [0.25, 0.3) is 5.57 Å². The second-order valence-electron chi connectivity index (χ2n) is 3.51. The number of fused-ring (bicyclic) bond motifs is 1. The predicted molar refractivity (Wildman–Crippen MR) is 62.1 cm³/mol. The lowest BCUT2D eigenvalue weighted by molar-refractivity contribution is 0.998. The van der Waals surface area contributed by atoms with Gasteiger partial charge in [-0.1, -0.05) is 55.1 Å². The Morgan fingerprint density at radius 1 is 1.07 bits per heavy atom. The average Bonchev–Trinajstić information content (AvgIpc) is 2.30. The molecule has 0 nitrogen and oxygen atoms in total. The van der Waals surface area contributed by atoms with Gasteiger partial charge in [-0.2, -0.15) is 0 Å². The van der Waals surface area contributed by atoms with Gasteiger partial charge in [-0.25, -0.2) is 0 Å². The fourth-order valence-corrected chi connectivity index (χ4v) is 1.73. The second kappa shape index (κ2) is 4.10. The average molecular weight is 182 g/mol. The van der Waals surface area contributed by atoms with E-state index in [-0.39, 0.29) is 0 Å². The Morgan fingerprint density at radius 2 is 1.93 bits per heavy atom. The number of allylic oxidation sites excluding steroid dienone is 5. The van der Waals surface area contributed by atoms with Crippen molar-refractivity contribution in [3.8, 4) is 0 Å². The Hall–Kier alpha value is -1.56.